The van der Waals surface area contributed by atoms with Crippen LogP contribution in [-0.4, -0.2) is 57.8 Å². The van der Waals surface area contributed by atoms with E-state index in [4.69, 9.17) is 26.1 Å². The summed E-state index contributed by atoms with van der Waals surface area (Å²) in [6.45, 7) is 10.8. The summed E-state index contributed by atoms with van der Waals surface area (Å²) in [5.41, 5.74) is 2.73. The molecule has 11 heteroatoms. The zero-order chi connectivity index (χ0) is 29.6. The first kappa shape index (κ1) is 30.0. The van der Waals surface area contributed by atoms with E-state index in [2.05, 4.69) is 20.8 Å². The van der Waals surface area contributed by atoms with Gasteiger partial charge < -0.3 is 20.1 Å². The van der Waals surface area contributed by atoms with Crippen molar-refractivity contribution in [1.82, 2.24) is 25.4 Å². The van der Waals surface area contributed by atoms with Crippen molar-refractivity contribution in [2.45, 2.75) is 65.5 Å². The third-order valence-electron chi connectivity index (χ3n) is 6.28. The van der Waals surface area contributed by atoms with E-state index in [1.54, 1.807) is 0 Å². The normalized spacial score (nSPS) is 14.3. The van der Waals surface area contributed by atoms with Gasteiger partial charge >= 0.3 is 6.09 Å². The summed E-state index contributed by atoms with van der Waals surface area (Å²) in [6, 6.07) is 12.8. The Morgan fingerprint density at radius 1 is 1.05 bits per heavy atom. The van der Waals surface area contributed by atoms with Gasteiger partial charge in [0.15, 0.2) is 5.82 Å². The van der Waals surface area contributed by atoms with E-state index in [-0.39, 0.29) is 12.3 Å². The molecule has 0 fully saturated rings. The predicted octanol–water partition coefficient (Wildman–Crippen LogP) is 5.33. The van der Waals surface area contributed by atoms with Gasteiger partial charge in [-0.3, -0.25) is 14.4 Å². The Morgan fingerprint density at radius 3 is 2.51 bits per heavy atom. The molecule has 2 aromatic carbocycles. The second-order valence-electron chi connectivity index (χ2n) is 10.8. The summed E-state index contributed by atoms with van der Waals surface area (Å²) in [5.74, 6) is 1.87. The lowest BCUT2D eigenvalue weighted by Gasteiger charge is -2.19. The standard InChI is InChI=1S/C30H37ClN6O4/c1-6-32-26(38)18-24-28-36-35-19(2)37(28)25-14-13-22(40-16-8-7-15-33-29(39)41-30(3,4)5)17-23(25)27(34-24)20-9-11-21(31)12-10-20/h9-14,17,24H,6-8,15-16,18H2,1-5H3,(H,32,38)(H,33,39)/t24-/m0/s1. The number of fused-ring (bicyclic) bond motifs is 3. The van der Waals surface area contributed by atoms with Crippen molar-refractivity contribution in [2.75, 3.05) is 19.7 Å². The number of carbonyl (C=O) groups is 2. The molecule has 3 aromatic rings. The summed E-state index contributed by atoms with van der Waals surface area (Å²) in [4.78, 5) is 29.6. The maximum atomic E-state index is 12.6. The molecule has 41 heavy (non-hydrogen) atoms. The average molecular weight is 581 g/mol. The molecule has 2 heterocycles. The predicted molar refractivity (Wildman–Crippen MR) is 158 cm³/mol. The number of aliphatic imine (C=N–C) groups is 1. The summed E-state index contributed by atoms with van der Waals surface area (Å²) < 4.78 is 13.3. The minimum Gasteiger partial charge on any atom is -0.494 e. The molecule has 1 atom stereocenters. The van der Waals surface area contributed by atoms with E-state index < -0.39 is 17.7 Å². The number of hydrogen-bond acceptors (Lipinski definition) is 7. The summed E-state index contributed by atoms with van der Waals surface area (Å²) >= 11 is 6.19. The third-order valence-corrected chi connectivity index (χ3v) is 6.53. The fraction of sp³-hybridized carbons (Fsp3) is 0.433. The summed E-state index contributed by atoms with van der Waals surface area (Å²) in [5, 5.41) is 15.0. The zero-order valence-corrected chi connectivity index (χ0v) is 24.9. The fourth-order valence-electron chi connectivity index (χ4n) is 4.51. The maximum absolute atomic E-state index is 12.6. The minimum absolute atomic E-state index is 0.111. The number of rotatable bonds is 10. The van der Waals surface area contributed by atoms with Crippen LogP contribution in [0.3, 0.4) is 0 Å². The number of alkyl carbamates (subject to hydrolysis) is 1. The van der Waals surface area contributed by atoms with E-state index >= 15 is 0 Å². The fourth-order valence-corrected chi connectivity index (χ4v) is 4.63. The molecule has 4 rings (SSSR count). The van der Waals surface area contributed by atoms with Gasteiger partial charge in [-0.1, -0.05) is 23.7 Å². The van der Waals surface area contributed by atoms with E-state index in [0.717, 1.165) is 29.7 Å². The van der Waals surface area contributed by atoms with E-state index in [9.17, 15) is 9.59 Å². The number of aromatic nitrogens is 3. The first-order valence-corrected chi connectivity index (χ1v) is 14.2. The molecule has 0 spiro atoms. The van der Waals surface area contributed by atoms with Crippen LogP contribution in [0.2, 0.25) is 5.02 Å². The number of benzene rings is 2. The Kier molecular flexibility index (Phi) is 9.65. The lowest BCUT2D eigenvalue weighted by atomic mass is 10.00. The van der Waals surface area contributed by atoms with Gasteiger partial charge in [0.2, 0.25) is 5.91 Å². The van der Waals surface area contributed by atoms with Gasteiger partial charge in [0.05, 0.1) is 24.4 Å². The zero-order valence-electron chi connectivity index (χ0n) is 24.2. The third kappa shape index (κ3) is 7.85. The number of carbonyl (C=O) groups excluding carboxylic acids is 2. The topological polar surface area (TPSA) is 120 Å². The van der Waals surface area contributed by atoms with Crippen LogP contribution in [0, 0.1) is 6.92 Å². The molecule has 0 bridgehead atoms. The highest BCUT2D eigenvalue weighted by atomic mass is 35.5. The second-order valence-corrected chi connectivity index (χ2v) is 11.2. The molecule has 10 nitrogen and oxygen atoms in total. The average Bonchev–Trinajstić information content (AvgIpc) is 3.23. The molecule has 0 aliphatic carbocycles. The van der Waals surface area contributed by atoms with Gasteiger partial charge in [-0.05, 0) is 77.8 Å². The maximum Gasteiger partial charge on any atom is 0.407 e. The molecular weight excluding hydrogens is 544 g/mol. The number of hydrogen-bond donors (Lipinski definition) is 2. The molecule has 0 unspecified atom stereocenters. The second kappa shape index (κ2) is 13.2. The van der Waals surface area contributed by atoms with Crippen LogP contribution in [0.5, 0.6) is 5.75 Å². The van der Waals surface area contributed by atoms with Crippen LogP contribution in [0.15, 0.2) is 47.5 Å². The molecule has 1 aliphatic heterocycles. The van der Waals surface area contributed by atoms with Gasteiger partial charge in [-0.25, -0.2) is 4.79 Å². The van der Waals surface area contributed by atoms with Gasteiger partial charge in [0, 0.05) is 29.2 Å². The van der Waals surface area contributed by atoms with Crippen LogP contribution in [0.25, 0.3) is 5.69 Å². The van der Waals surface area contributed by atoms with Crippen molar-refractivity contribution in [1.29, 1.82) is 0 Å². The van der Waals surface area contributed by atoms with Crippen molar-refractivity contribution in [2.24, 2.45) is 4.99 Å². The molecule has 0 saturated carbocycles. The number of amides is 2. The minimum atomic E-state index is -0.539. The van der Waals surface area contributed by atoms with Crippen LogP contribution in [0.4, 0.5) is 4.79 Å². The Balaban J connectivity index is 1.57. The summed E-state index contributed by atoms with van der Waals surface area (Å²) in [7, 11) is 0. The number of halogens is 1. The van der Waals surface area contributed by atoms with Gasteiger partial charge in [-0.2, -0.15) is 0 Å². The van der Waals surface area contributed by atoms with Gasteiger partial charge in [0.1, 0.15) is 23.2 Å². The smallest absolute Gasteiger partial charge is 0.407 e. The van der Waals surface area contributed by atoms with Crippen molar-refractivity contribution in [3.63, 3.8) is 0 Å². The number of aryl methyl sites for hydroxylation is 1. The number of nitrogens with zero attached hydrogens (tertiary/aromatic N) is 4. The van der Waals surface area contributed by atoms with E-state index in [1.165, 1.54) is 0 Å². The highest BCUT2D eigenvalue weighted by Crippen LogP contribution is 2.34. The number of unbranched alkanes of at least 4 members (excludes halogenated alkanes) is 1. The largest absolute Gasteiger partial charge is 0.494 e. The molecule has 1 aliphatic rings. The highest BCUT2D eigenvalue weighted by Gasteiger charge is 2.30. The van der Waals surface area contributed by atoms with Crippen molar-refractivity contribution in [3.05, 3.63) is 70.3 Å². The number of ether oxygens (including phenoxy) is 2. The first-order valence-electron chi connectivity index (χ1n) is 13.8. The van der Waals surface area contributed by atoms with Crippen LogP contribution >= 0.6 is 11.6 Å². The molecule has 218 valence electrons. The molecule has 0 saturated heterocycles. The van der Waals surface area contributed by atoms with Crippen molar-refractivity contribution in [3.8, 4) is 11.4 Å². The quantitative estimate of drug-likeness (QED) is 0.313. The van der Waals surface area contributed by atoms with Gasteiger partial charge in [0.25, 0.3) is 0 Å². The Hall–Kier alpha value is -3.92. The van der Waals surface area contributed by atoms with E-state index in [0.29, 0.717) is 47.8 Å². The van der Waals surface area contributed by atoms with Gasteiger partial charge in [-0.15, -0.1) is 10.2 Å². The van der Waals surface area contributed by atoms with Crippen LogP contribution < -0.4 is 15.4 Å². The SMILES string of the molecule is CCNC(=O)C[C@@H]1N=C(c2ccc(Cl)cc2)c2cc(OCCCCNC(=O)OC(C)(C)C)ccc2-n2c(C)nnc21. The molecule has 0 radical (unpaired) electrons. The van der Waals surface area contributed by atoms with E-state index in [1.807, 2.05) is 81.7 Å². The highest BCUT2D eigenvalue weighted by molar-refractivity contribution is 6.30. The van der Waals surface area contributed by atoms with Crippen LogP contribution in [-0.2, 0) is 9.53 Å². The Morgan fingerprint density at radius 2 is 1.80 bits per heavy atom. The van der Waals surface area contributed by atoms with Crippen molar-refractivity contribution >= 4 is 29.3 Å². The first-order chi connectivity index (χ1) is 19.6. The molecule has 2 N–H and O–H groups in total. The van der Waals surface area contributed by atoms with Crippen LogP contribution in [0.1, 0.15) is 75.8 Å². The Labute approximate surface area is 245 Å². The lowest BCUT2D eigenvalue weighted by Crippen LogP contribution is -2.33. The summed E-state index contributed by atoms with van der Waals surface area (Å²) in [6.07, 6.45) is 1.20. The molecule has 2 amide bonds. The molecule has 1 aromatic heterocycles. The molecular formula is C30H37ClN6O4. The Bertz CT molecular complexity index is 1410. The monoisotopic (exact) mass is 580 g/mol. The lowest BCUT2D eigenvalue weighted by molar-refractivity contribution is -0.121. The number of nitrogens with one attached hydrogen (secondary N) is 2. The van der Waals surface area contributed by atoms with Crippen molar-refractivity contribution < 1.29 is 19.1 Å².